The van der Waals surface area contributed by atoms with E-state index in [1.165, 1.54) is 36.4 Å². The fraction of sp³-hybridized carbons (Fsp3) is 0.0370. The minimum Gasteiger partial charge on any atom is -0.337 e. The van der Waals surface area contributed by atoms with Gasteiger partial charge in [0, 0.05) is 34.0 Å². The first-order valence-corrected chi connectivity index (χ1v) is 13.6. The summed E-state index contributed by atoms with van der Waals surface area (Å²) < 4.78 is 15.1. The SMILES string of the molecule is O=C(Cn1cc(/C=C2\SC(=S)N(NC(=O)Nc3ccc(Cl)c(Cl)c3)C2=O)c2ccccc21)Nc1ccc(F)cc1. The molecule has 3 aromatic carbocycles. The molecule has 5 rings (SSSR count). The van der Waals surface area contributed by atoms with E-state index in [9.17, 15) is 18.8 Å². The van der Waals surface area contributed by atoms with Gasteiger partial charge < -0.3 is 15.2 Å². The number of benzene rings is 3. The number of aromatic nitrogens is 1. The highest BCUT2D eigenvalue weighted by molar-refractivity contribution is 8.26. The number of urea groups is 1. The lowest BCUT2D eigenvalue weighted by Crippen LogP contribution is -2.46. The molecular formula is C27H18Cl2FN5O3S2. The molecule has 0 radical (unpaired) electrons. The van der Waals surface area contributed by atoms with Gasteiger partial charge in [-0.15, -0.1) is 0 Å². The average molecular weight is 615 g/mol. The van der Waals surface area contributed by atoms with Crippen LogP contribution >= 0.6 is 47.2 Å². The number of thiocarbonyl (C=S) groups is 1. The average Bonchev–Trinajstić information content (AvgIpc) is 3.39. The summed E-state index contributed by atoms with van der Waals surface area (Å²) in [6.07, 6.45) is 3.42. The van der Waals surface area contributed by atoms with Crippen molar-refractivity contribution in [2.24, 2.45) is 0 Å². The van der Waals surface area contributed by atoms with Gasteiger partial charge in [0.15, 0.2) is 4.32 Å². The number of thioether (sulfide) groups is 1. The molecule has 0 aliphatic carbocycles. The summed E-state index contributed by atoms with van der Waals surface area (Å²) in [6, 6.07) is 16.8. The van der Waals surface area contributed by atoms with Crippen molar-refractivity contribution in [1.82, 2.24) is 15.0 Å². The number of para-hydroxylation sites is 1. The second-order valence-corrected chi connectivity index (χ2v) is 11.0. The molecule has 3 N–H and O–H groups in total. The Balaban J connectivity index is 1.32. The second kappa shape index (κ2) is 11.7. The topological polar surface area (TPSA) is 95.5 Å². The molecule has 0 atom stereocenters. The molecule has 4 aromatic rings. The van der Waals surface area contributed by atoms with Crippen LogP contribution in [0.4, 0.5) is 20.6 Å². The zero-order chi connectivity index (χ0) is 28.4. The summed E-state index contributed by atoms with van der Waals surface area (Å²) >= 11 is 18.2. The first-order valence-electron chi connectivity index (χ1n) is 11.6. The Kier molecular flexibility index (Phi) is 8.08. The van der Waals surface area contributed by atoms with E-state index in [0.29, 0.717) is 26.9 Å². The van der Waals surface area contributed by atoms with Crippen LogP contribution in [0.1, 0.15) is 5.56 Å². The number of fused-ring (bicyclic) bond motifs is 1. The van der Waals surface area contributed by atoms with Gasteiger partial charge in [-0.3, -0.25) is 9.59 Å². The number of anilines is 2. The molecule has 1 aliphatic heterocycles. The van der Waals surface area contributed by atoms with Crippen LogP contribution in [0.5, 0.6) is 0 Å². The zero-order valence-corrected chi connectivity index (χ0v) is 23.4. The predicted octanol–water partition coefficient (Wildman–Crippen LogP) is 6.66. The molecule has 1 fully saturated rings. The Morgan fingerprint density at radius 2 is 1.70 bits per heavy atom. The Hall–Kier alpha value is -3.90. The molecule has 40 heavy (non-hydrogen) atoms. The van der Waals surface area contributed by atoms with Crippen LogP contribution in [0.15, 0.2) is 77.8 Å². The number of amides is 4. The summed E-state index contributed by atoms with van der Waals surface area (Å²) in [5.74, 6) is -1.21. The maximum absolute atomic E-state index is 13.2. The van der Waals surface area contributed by atoms with Crippen LogP contribution in [-0.2, 0) is 16.1 Å². The highest BCUT2D eigenvalue weighted by atomic mass is 35.5. The molecule has 0 saturated carbocycles. The van der Waals surface area contributed by atoms with Gasteiger partial charge in [0.1, 0.15) is 12.4 Å². The van der Waals surface area contributed by atoms with Crippen LogP contribution in [0.2, 0.25) is 10.0 Å². The highest BCUT2D eigenvalue weighted by Crippen LogP contribution is 2.34. The standard InChI is InChI=1S/C27H18Cl2FN5O3S2/c28-20-10-9-18(12-21(20)29)32-26(38)33-35-25(37)23(40-27(35)39)11-15-13-34(22-4-2-1-3-19(15)22)14-24(36)31-17-7-5-16(30)6-8-17/h1-13H,14H2,(H,31,36)(H2,32,33,38)/b23-11-. The second-order valence-electron chi connectivity index (χ2n) is 8.50. The van der Waals surface area contributed by atoms with Gasteiger partial charge in [0.2, 0.25) is 5.91 Å². The fourth-order valence-electron chi connectivity index (χ4n) is 3.95. The monoisotopic (exact) mass is 613 g/mol. The predicted molar refractivity (Wildman–Crippen MR) is 161 cm³/mol. The molecule has 1 aliphatic rings. The quantitative estimate of drug-likeness (QED) is 0.167. The van der Waals surface area contributed by atoms with Gasteiger partial charge >= 0.3 is 6.03 Å². The van der Waals surface area contributed by atoms with Crippen molar-refractivity contribution in [2.75, 3.05) is 10.6 Å². The summed E-state index contributed by atoms with van der Waals surface area (Å²) in [6.45, 7) is -0.0108. The van der Waals surface area contributed by atoms with Crippen molar-refractivity contribution in [2.45, 2.75) is 6.54 Å². The van der Waals surface area contributed by atoms with Crippen molar-refractivity contribution < 1.29 is 18.8 Å². The van der Waals surface area contributed by atoms with Gasteiger partial charge in [0.25, 0.3) is 5.91 Å². The van der Waals surface area contributed by atoms with Crippen LogP contribution in [0.25, 0.3) is 17.0 Å². The van der Waals surface area contributed by atoms with Crippen molar-refractivity contribution in [3.63, 3.8) is 0 Å². The summed E-state index contributed by atoms with van der Waals surface area (Å²) in [7, 11) is 0. The maximum atomic E-state index is 13.2. The summed E-state index contributed by atoms with van der Waals surface area (Å²) in [5.41, 5.74) is 4.76. The molecule has 1 aromatic heterocycles. The molecule has 0 spiro atoms. The number of carbonyl (C=O) groups is 3. The Bertz CT molecular complexity index is 1710. The van der Waals surface area contributed by atoms with E-state index < -0.39 is 17.8 Å². The van der Waals surface area contributed by atoms with E-state index >= 15 is 0 Å². The van der Waals surface area contributed by atoms with Crippen LogP contribution in [0.3, 0.4) is 0 Å². The van der Waals surface area contributed by atoms with E-state index in [1.54, 1.807) is 22.9 Å². The Morgan fingerprint density at radius 1 is 0.975 bits per heavy atom. The molecule has 0 bridgehead atoms. The molecule has 202 valence electrons. The van der Waals surface area contributed by atoms with E-state index in [0.717, 1.165) is 27.7 Å². The van der Waals surface area contributed by atoms with Crippen molar-refractivity contribution in [3.05, 3.63) is 99.3 Å². The van der Waals surface area contributed by atoms with Crippen LogP contribution < -0.4 is 16.1 Å². The molecule has 1 saturated heterocycles. The van der Waals surface area contributed by atoms with Gasteiger partial charge in [-0.25, -0.2) is 14.6 Å². The van der Waals surface area contributed by atoms with Gasteiger partial charge in [-0.1, -0.05) is 53.2 Å². The summed E-state index contributed by atoms with van der Waals surface area (Å²) in [5, 5.41) is 7.71. The first kappa shape index (κ1) is 27.7. The van der Waals surface area contributed by atoms with Crippen molar-refractivity contribution in [1.29, 1.82) is 0 Å². The number of nitrogens with one attached hydrogen (secondary N) is 3. The highest BCUT2D eigenvalue weighted by Gasteiger charge is 2.34. The maximum Gasteiger partial charge on any atom is 0.338 e. The largest absolute Gasteiger partial charge is 0.338 e. The third-order valence-corrected chi connectivity index (χ3v) is 7.77. The van der Waals surface area contributed by atoms with Crippen LogP contribution in [0, 0.1) is 5.82 Å². The van der Waals surface area contributed by atoms with Crippen molar-refractivity contribution >= 4 is 97.7 Å². The summed E-state index contributed by atoms with van der Waals surface area (Å²) in [4.78, 5) is 38.6. The van der Waals surface area contributed by atoms with Gasteiger partial charge in [-0.2, -0.15) is 5.01 Å². The third kappa shape index (κ3) is 6.13. The molecule has 0 unspecified atom stereocenters. The van der Waals surface area contributed by atoms with Crippen LogP contribution in [-0.4, -0.2) is 31.7 Å². The lowest BCUT2D eigenvalue weighted by atomic mass is 10.1. The zero-order valence-electron chi connectivity index (χ0n) is 20.3. The first-order chi connectivity index (χ1) is 19.2. The third-order valence-electron chi connectivity index (χ3n) is 5.73. The lowest BCUT2D eigenvalue weighted by molar-refractivity contribution is -0.123. The molecule has 2 heterocycles. The molecular weight excluding hydrogens is 596 g/mol. The van der Waals surface area contributed by atoms with Gasteiger partial charge in [0.05, 0.1) is 15.0 Å². The number of hydrogen-bond acceptors (Lipinski definition) is 5. The number of nitrogens with zero attached hydrogens (tertiary/aromatic N) is 2. The molecule has 13 heteroatoms. The lowest BCUT2D eigenvalue weighted by Gasteiger charge is -2.16. The van der Waals surface area contributed by atoms with Gasteiger partial charge in [-0.05, 0) is 66.8 Å². The number of hydrogen-bond donors (Lipinski definition) is 3. The number of halogens is 3. The van der Waals surface area contributed by atoms with E-state index in [1.807, 2.05) is 24.3 Å². The fourth-order valence-corrected chi connectivity index (χ4v) is 5.42. The number of hydrazine groups is 1. The number of rotatable bonds is 6. The van der Waals surface area contributed by atoms with E-state index in [2.05, 4.69) is 16.1 Å². The number of carbonyl (C=O) groups excluding carboxylic acids is 3. The minimum absolute atomic E-state index is 0.0108. The van der Waals surface area contributed by atoms with E-state index in [-0.39, 0.29) is 21.8 Å². The Labute approximate surface area is 247 Å². The minimum atomic E-state index is -0.695. The smallest absolute Gasteiger partial charge is 0.337 e. The van der Waals surface area contributed by atoms with E-state index in [4.69, 9.17) is 35.4 Å². The van der Waals surface area contributed by atoms with Crippen molar-refractivity contribution in [3.8, 4) is 0 Å². The Morgan fingerprint density at radius 3 is 2.45 bits per heavy atom. The normalized spacial score (nSPS) is 14.2. The molecule has 4 amide bonds. The molecule has 8 nitrogen and oxygen atoms in total.